The molecule has 0 saturated carbocycles. The fourth-order valence-corrected chi connectivity index (χ4v) is 3.40. The Labute approximate surface area is 176 Å². The van der Waals surface area contributed by atoms with E-state index in [9.17, 15) is 9.59 Å². The van der Waals surface area contributed by atoms with Gasteiger partial charge in [0.1, 0.15) is 11.8 Å². The number of rotatable bonds is 6. The van der Waals surface area contributed by atoms with E-state index in [1.165, 1.54) is 0 Å². The van der Waals surface area contributed by atoms with Gasteiger partial charge in [0, 0.05) is 36.9 Å². The lowest BCUT2D eigenvalue weighted by molar-refractivity contribution is -0.124. The number of piperazine rings is 1. The number of hydrogen-bond acceptors (Lipinski definition) is 4. The summed E-state index contributed by atoms with van der Waals surface area (Å²) in [6.45, 7) is 6.76. The molecular weight excluding hydrogens is 392 g/mol. The van der Waals surface area contributed by atoms with Crippen molar-refractivity contribution in [2.45, 2.75) is 26.4 Å². The molecule has 2 N–H and O–H groups in total. The number of halogens is 1. The number of carbonyl (C=O) groups is 2. The van der Waals surface area contributed by atoms with Crippen LogP contribution in [0.3, 0.4) is 0 Å². The molecular formula is C21H27ClN4O3. The first-order valence-electron chi connectivity index (χ1n) is 9.80. The van der Waals surface area contributed by atoms with E-state index in [2.05, 4.69) is 15.5 Å². The fraction of sp³-hybridized carbons (Fsp3) is 0.429. The Hall–Kier alpha value is -2.67. The second-order valence-corrected chi connectivity index (χ2v) is 7.86. The summed E-state index contributed by atoms with van der Waals surface area (Å²) in [5, 5.41) is 6.41. The Morgan fingerprint density at radius 3 is 2.38 bits per heavy atom. The number of carbonyl (C=O) groups excluding carboxylic acids is 2. The molecule has 0 spiro atoms. The highest BCUT2D eigenvalue weighted by Crippen LogP contribution is 2.19. The van der Waals surface area contributed by atoms with E-state index >= 15 is 0 Å². The third-order valence-corrected chi connectivity index (χ3v) is 5.26. The molecule has 3 rings (SSSR count). The van der Waals surface area contributed by atoms with Gasteiger partial charge in [-0.25, -0.2) is 4.79 Å². The van der Waals surface area contributed by atoms with Crippen molar-refractivity contribution in [2.24, 2.45) is 5.92 Å². The van der Waals surface area contributed by atoms with Crippen LogP contribution in [0.25, 0.3) is 0 Å². The maximum atomic E-state index is 12.7. The van der Waals surface area contributed by atoms with Gasteiger partial charge >= 0.3 is 6.03 Å². The predicted octanol–water partition coefficient (Wildman–Crippen LogP) is 3.11. The lowest BCUT2D eigenvalue weighted by Gasteiger charge is -2.37. The molecule has 1 unspecified atom stereocenters. The lowest BCUT2D eigenvalue weighted by atomic mass is 10.0. The van der Waals surface area contributed by atoms with Crippen LogP contribution in [0.2, 0.25) is 5.02 Å². The van der Waals surface area contributed by atoms with Crippen molar-refractivity contribution in [1.82, 2.24) is 15.5 Å². The van der Waals surface area contributed by atoms with Gasteiger partial charge in [-0.2, -0.15) is 0 Å². The van der Waals surface area contributed by atoms with Crippen molar-refractivity contribution in [3.05, 3.63) is 53.4 Å². The van der Waals surface area contributed by atoms with Gasteiger partial charge in [-0.15, -0.1) is 0 Å². The number of nitrogens with zero attached hydrogens (tertiary/aromatic N) is 2. The van der Waals surface area contributed by atoms with Gasteiger partial charge in [-0.05, 0) is 42.3 Å². The summed E-state index contributed by atoms with van der Waals surface area (Å²) in [5.74, 6) is 0.418. The van der Waals surface area contributed by atoms with Crippen LogP contribution in [0.4, 0.5) is 10.5 Å². The van der Waals surface area contributed by atoms with Crippen LogP contribution in [0.5, 0.6) is 0 Å². The molecule has 1 aromatic carbocycles. The first-order valence-corrected chi connectivity index (χ1v) is 10.2. The highest BCUT2D eigenvalue weighted by atomic mass is 35.5. The average molecular weight is 419 g/mol. The predicted molar refractivity (Wildman–Crippen MR) is 113 cm³/mol. The van der Waals surface area contributed by atoms with Crippen LogP contribution in [0.15, 0.2) is 47.1 Å². The summed E-state index contributed by atoms with van der Waals surface area (Å²) in [4.78, 5) is 29.2. The molecule has 0 bridgehead atoms. The minimum atomic E-state index is -0.605. The van der Waals surface area contributed by atoms with Crippen molar-refractivity contribution in [3.63, 3.8) is 0 Å². The SMILES string of the molecule is CC(C)C(NC(=O)N1CCN(c2ccc(Cl)cc2)CC1)C(=O)NCc1ccco1. The van der Waals surface area contributed by atoms with E-state index in [0.29, 0.717) is 30.4 Å². The van der Waals surface area contributed by atoms with Gasteiger partial charge in [0.15, 0.2) is 0 Å². The minimum absolute atomic E-state index is 0.0362. The van der Waals surface area contributed by atoms with E-state index < -0.39 is 6.04 Å². The van der Waals surface area contributed by atoms with Crippen LogP contribution in [0, 0.1) is 5.92 Å². The average Bonchev–Trinajstić information content (AvgIpc) is 3.24. The lowest BCUT2D eigenvalue weighted by Crippen LogP contribution is -2.57. The summed E-state index contributed by atoms with van der Waals surface area (Å²) in [5.41, 5.74) is 1.09. The van der Waals surface area contributed by atoms with E-state index in [1.54, 1.807) is 23.3 Å². The summed E-state index contributed by atoms with van der Waals surface area (Å²) < 4.78 is 5.23. The van der Waals surface area contributed by atoms with E-state index in [4.69, 9.17) is 16.0 Å². The van der Waals surface area contributed by atoms with Crippen molar-refractivity contribution in [2.75, 3.05) is 31.1 Å². The first-order chi connectivity index (χ1) is 13.9. The molecule has 1 aromatic heterocycles. The van der Waals surface area contributed by atoms with Crippen molar-refractivity contribution >= 4 is 29.2 Å². The van der Waals surface area contributed by atoms with Crippen molar-refractivity contribution in [1.29, 1.82) is 0 Å². The van der Waals surface area contributed by atoms with Crippen LogP contribution in [-0.4, -0.2) is 49.1 Å². The van der Waals surface area contributed by atoms with Crippen LogP contribution < -0.4 is 15.5 Å². The maximum absolute atomic E-state index is 12.7. The van der Waals surface area contributed by atoms with E-state index in [1.807, 2.05) is 38.1 Å². The summed E-state index contributed by atoms with van der Waals surface area (Å²) >= 11 is 5.95. The van der Waals surface area contributed by atoms with Crippen molar-refractivity contribution in [3.8, 4) is 0 Å². The van der Waals surface area contributed by atoms with Crippen LogP contribution in [0.1, 0.15) is 19.6 Å². The maximum Gasteiger partial charge on any atom is 0.318 e. The molecule has 8 heteroatoms. The molecule has 156 valence electrons. The number of benzene rings is 1. The molecule has 2 aromatic rings. The Morgan fingerprint density at radius 1 is 1.10 bits per heavy atom. The van der Waals surface area contributed by atoms with Gasteiger partial charge in [0.05, 0.1) is 12.8 Å². The molecule has 3 amide bonds. The second kappa shape index (κ2) is 9.69. The normalized spacial score (nSPS) is 15.3. The topological polar surface area (TPSA) is 77.8 Å². The molecule has 29 heavy (non-hydrogen) atoms. The number of anilines is 1. The molecule has 1 atom stereocenters. The molecule has 0 aliphatic carbocycles. The van der Waals surface area contributed by atoms with Crippen molar-refractivity contribution < 1.29 is 14.0 Å². The molecule has 2 heterocycles. The van der Waals surface area contributed by atoms with Gasteiger partial charge in [-0.3, -0.25) is 4.79 Å². The zero-order valence-electron chi connectivity index (χ0n) is 16.7. The zero-order chi connectivity index (χ0) is 20.8. The van der Waals surface area contributed by atoms with Crippen LogP contribution in [-0.2, 0) is 11.3 Å². The Morgan fingerprint density at radius 2 is 1.79 bits per heavy atom. The van der Waals surface area contributed by atoms with Gasteiger partial charge in [0.25, 0.3) is 0 Å². The van der Waals surface area contributed by atoms with E-state index in [0.717, 1.165) is 18.8 Å². The van der Waals surface area contributed by atoms with E-state index in [-0.39, 0.29) is 17.9 Å². The molecule has 0 radical (unpaired) electrons. The van der Waals surface area contributed by atoms with Gasteiger partial charge in [0.2, 0.25) is 5.91 Å². The van der Waals surface area contributed by atoms with Gasteiger partial charge in [-0.1, -0.05) is 25.4 Å². The third kappa shape index (κ3) is 5.67. The minimum Gasteiger partial charge on any atom is -0.467 e. The Kier molecular flexibility index (Phi) is 7.04. The third-order valence-electron chi connectivity index (χ3n) is 5.00. The number of nitrogens with one attached hydrogen (secondary N) is 2. The monoisotopic (exact) mass is 418 g/mol. The second-order valence-electron chi connectivity index (χ2n) is 7.42. The summed E-state index contributed by atoms with van der Waals surface area (Å²) in [6, 6.07) is 10.4. The first kappa shape index (κ1) is 21.0. The number of hydrogen-bond donors (Lipinski definition) is 2. The number of furan rings is 1. The molecule has 7 nitrogen and oxygen atoms in total. The smallest absolute Gasteiger partial charge is 0.318 e. The molecule has 1 saturated heterocycles. The number of urea groups is 1. The standard InChI is InChI=1S/C21H27ClN4O3/c1-15(2)19(20(27)23-14-18-4-3-13-29-18)24-21(28)26-11-9-25(10-12-26)17-7-5-16(22)6-8-17/h3-8,13,15,19H,9-12,14H2,1-2H3,(H,23,27)(H,24,28). The highest BCUT2D eigenvalue weighted by molar-refractivity contribution is 6.30. The van der Waals surface area contributed by atoms with Gasteiger partial charge < -0.3 is 24.9 Å². The number of amides is 3. The highest BCUT2D eigenvalue weighted by Gasteiger charge is 2.28. The Balaban J connectivity index is 1.51. The Bertz CT molecular complexity index is 800. The zero-order valence-corrected chi connectivity index (χ0v) is 17.5. The van der Waals surface area contributed by atoms with Crippen LogP contribution >= 0.6 is 11.6 Å². The fourth-order valence-electron chi connectivity index (χ4n) is 3.28. The molecule has 1 aliphatic heterocycles. The summed E-state index contributed by atoms with van der Waals surface area (Å²) in [7, 11) is 0. The largest absolute Gasteiger partial charge is 0.467 e. The quantitative estimate of drug-likeness (QED) is 0.755. The summed E-state index contributed by atoms with van der Waals surface area (Å²) in [6.07, 6.45) is 1.56. The molecule has 1 aliphatic rings. The molecule has 1 fully saturated rings.